The first-order valence-electron chi connectivity index (χ1n) is 7.22. The summed E-state index contributed by atoms with van der Waals surface area (Å²) in [6, 6.07) is 6.51. The molecule has 0 saturated heterocycles. The maximum atomic E-state index is 12.0. The number of nitrogen functional groups attached to an aromatic ring is 1. The molecule has 1 aromatic carbocycles. The van der Waals surface area contributed by atoms with Crippen molar-refractivity contribution >= 4 is 17.6 Å². The summed E-state index contributed by atoms with van der Waals surface area (Å²) in [6.07, 6.45) is 0.778. The van der Waals surface area contributed by atoms with Gasteiger partial charge in [0.2, 0.25) is 5.91 Å². The molecule has 0 spiro atoms. The van der Waals surface area contributed by atoms with Crippen molar-refractivity contribution in [1.82, 2.24) is 5.32 Å². The summed E-state index contributed by atoms with van der Waals surface area (Å²) in [5.74, 6) is -0.286. The fourth-order valence-electron chi connectivity index (χ4n) is 1.99. The molecule has 116 valence electrons. The Morgan fingerprint density at radius 2 is 1.86 bits per heavy atom. The Hall–Kier alpha value is -2.04. The molecule has 1 aromatic rings. The minimum absolute atomic E-state index is 0.196. The maximum Gasteiger partial charge on any atom is 0.328 e. The van der Waals surface area contributed by atoms with Crippen molar-refractivity contribution in [2.75, 3.05) is 12.3 Å². The van der Waals surface area contributed by atoms with E-state index in [1.807, 2.05) is 13.8 Å². The zero-order valence-electron chi connectivity index (χ0n) is 12.9. The van der Waals surface area contributed by atoms with Gasteiger partial charge in [-0.05, 0) is 37.0 Å². The third kappa shape index (κ3) is 6.29. The van der Waals surface area contributed by atoms with Gasteiger partial charge in [-0.15, -0.1) is 0 Å². The van der Waals surface area contributed by atoms with Crippen LogP contribution in [0.5, 0.6) is 0 Å². The molecule has 0 fully saturated rings. The number of esters is 1. The van der Waals surface area contributed by atoms with Crippen molar-refractivity contribution in [3.8, 4) is 0 Å². The number of amides is 1. The van der Waals surface area contributed by atoms with Gasteiger partial charge in [-0.3, -0.25) is 4.79 Å². The number of rotatable bonds is 7. The van der Waals surface area contributed by atoms with Crippen molar-refractivity contribution in [2.24, 2.45) is 5.92 Å². The van der Waals surface area contributed by atoms with Crippen LogP contribution in [0.1, 0.15) is 32.8 Å². The fourth-order valence-corrected chi connectivity index (χ4v) is 1.99. The number of benzene rings is 1. The van der Waals surface area contributed by atoms with E-state index in [1.165, 1.54) is 0 Å². The molecule has 0 heterocycles. The summed E-state index contributed by atoms with van der Waals surface area (Å²) < 4.78 is 5.00. The van der Waals surface area contributed by atoms with Gasteiger partial charge in [0.1, 0.15) is 6.04 Å². The van der Waals surface area contributed by atoms with Crippen molar-refractivity contribution < 1.29 is 14.3 Å². The molecule has 1 atom stereocenters. The first kappa shape index (κ1) is 17.0. The topological polar surface area (TPSA) is 81.4 Å². The number of carbonyl (C=O) groups is 2. The molecule has 0 saturated carbocycles. The van der Waals surface area contributed by atoms with E-state index in [0.29, 0.717) is 18.7 Å². The minimum atomic E-state index is -0.591. The molecule has 0 bridgehead atoms. The number of hydrogen-bond acceptors (Lipinski definition) is 4. The lowest BCUT2D eigenvalue weighted by Crippen LogP contribution is -2.43. The van der Waals surface area contributed by atoms with E-state index >= 15 is 0 Å². The third-order valence-corrected chi connectivity index (χ3v) is 2.96. The Bertz CT molecular complexity index is 469. The highest BCUT2D eigenvalue weighted by atomic mass is 16.5. The molecule has 1 amide bonds. The molecule has 3 N–H and O–H groups in total. The maximum absolute atomic E-state index is 12.0. The van der Waals surface area contributed by atoms with Gasteiger partial charge in [0.05, 0.1) is 13.0 Å². The molecule has 0 aliphatic carbocycles. The molecule has 21 heavy (non-hydrogen) atoms. The Kier molecular flexibility index (Phi) is 6.72. The normalized spacial score (nSPS) is 12.0. The molecule has 0 aliphatic rings. The lowest BCUT2D eigenvalue weighted by molar-refractivity contribution is -0.147. The Morgan fingerprint density at radius 3 is 2.38 bits per heavy atom. The van der Waals surface area contributed by atoms with Gasteiger partial charge < -0.3 is 15.8 Å². The molecule has 5 heteroatoms. The van der Waals surface area contributed by atoms with Crippen molar-refractivity contribution in [3.05, 3.63) is 29.8 Å². The van der Waals surface area contributed by atoms with Crippen LogP contribution in [0.2, 0.25) is 0 Å². The molecular formula is C16H24N2O3. The highest BCUT2D eigenvalue weighted by molar-refractivity contribution is 5.85. The fraction of sp³-hybridized carbons (Fsp3) is 0.500. The first-order chi connectivity index (χ1) is 9.92. The standard InChI is InChI=1S/C16H24N2O3/c1-4-21-16(20)14(9-11(2)3)18-15(19)10-12-5-7-13(17)8-6-12/h5-8,11,14H,4,9-10,17H2,1-3H3,(H,18,19). The van der Waals surface area contributed by atoms with E-state index in [9.17, 15) is 9.59 Å². The Balaban J connectivity index is 2.62. The predicted octanol–water partition coefficient (Wildman–Crippen LogP) is 1.91. The SMILES string of the molecule is CCOC(=O)C(CC(C)C)NC(=O)Cc1ccc(N)cc1. The van der Waals surface area contributed by atoms with Crippen LogP contribution in [-0.2, 0) is 20.7 Å². The van der Waals surface area contributed by atoms with Crippen LogP contribution in [-0.4, -0.2) is 24.5 Å². The van der Waals surface area contributed by atoms with Crippen LogP contribution in [0.4, 0.5) is 5.69 Å². The number of nitrogens with one attached hydrogen (secondary N) is 1. The number of carbonyl (C=O) groups excluding carboxylic acids is 2. The van der Waals surface area contributed by atoms with Crippen LogP contribution in [0, 0.1) is 5.92 Å². The second-order valence-corrected chi connectivity index (χ2v) is 5.42. The first-order valence-corrected chi connectivity index (χ1v) is 7.22. The van der Waals surface area contributed by atoms with Crippen molar-refractivity contribution in [2.45, 2.75) is 39.7 Å². The zero-order chi connectivity index (χ0) is 15.8. The van der Waals surface area contributed by atoms with Gasteiger partial charge in [-0.25, -0.2) is 4.79 Å². The van der Waals surface area contributed by atoms with Crippen LogP contribution >= 0.6 is 0 Å². The second kappa shape index (κ2) is 8.29. The van der Waals surface area contributed by atoms with Crippen molar-refractivity contribution in [3.63, 3.8) is 0 Å². The molecule has 1 rings (SSSR count). The van der Waals surface area contributed by atoms with Crippen LogP contribution in [0.3, 0.4) is 0 Å². The summed E-state index contributed by atoms with van der Waals surface area (Å²) in [5, 5.41) is 2.75. The van der Waals surface area contributed by atoms with Gasteiger partial charge in [-0.1, -0.05) is 26.0 Å². The summed E-state index contributed by atoms with van der Waals surface area (Å²) >= 11 is 0. The molecule has 1 unspecified atom stereocenters. The van der Waals surface area contributed by atoms with Gasteiger partial charge >= 0.3 is 5.97 Å². The number of nitrogens with two attached hydrogens (primary N) is 1. The second-order valence-electron chi connectivity index (χ2n) is 5.42. The average molecular weight is 292 g/mol. The lowest BCUT2D eigenvalue weighted by Gasteiger charge is -2.19. The molecular weight excluding hydrogens is 268 g/mol. The van der Waals surface area contributed by atoms with E-state index in [-0.39, 0.29) is 24.2 Å². The van der Waals surface area contributed by atoms with Gasteiger partial charge in [0.25, 0.3) is 0 Å². The van der Waals surface area contributed by atoms with E-state index in [1.54, 1.807) is 31.2 Å². The lowest BCUT2D eigenvalue weighted by atomic mass is 10.0. The number of hydrogen-bond donors (Lipinski definition) is 2. The van der Waals surface area contributed by atoms with Crippen LogP contribution < -0.4 is 11.1 Å². The Morgan fingerprint density at radius 1 is 1.24 bits per heavy atom. The van der Waals surface area contributed by atoms with Crippen LogP contribution in [0.15, 0.2) is 24.3 Å². The number of anilines is 1. The summed E-state index contributed by atoms with van der Waals surface area (Å²) in [4.78, 5) is 23.9. The van der Waals surface area contributed by atoms with Crippen molar-refractivity contribution in [1.29, 1.82) is 0 Å². The molecule has 5 nitrogen and oxygen atoms in total. The highest BCUT2D eigenvalue weighted by Crippen LogP contribution is 2.09. The summed E-state index contributed by atoms with van der Waals surface area (Å²) in [7, 11) is 0. The molecule has 0 radical (unpaired) electrons. The van der Waals surface area contributed by atoms with E-state index in [4.69, 9.17) is 10.5 Å². The molecule has 0 aromatic heterocycles. The molecule has 0 aliphatic heterocycles. The van der Waals surface area contributed by atoms with E-state index in [0.717, 1.165) is 5.56 Å². The summed E-state index contributed by atoms with van der Waals surface area (Å²) in [6.45, 7) is 6.05. The largest absolute Gasteiger partial charge is 0.464 e. The monoisotopic (exact) mass is 292 g/mol. The number of ether oxygens (including phenoxy) is 1. The third-order valence-electron chi connectivity index (χ3n) is 2.96. The quantitative estimate of drug-likeness (QED) is 0.594. The van der Waals surface area contributed by atoms with Gasteiger partial charge in [0, 0.05) is 5.69 Å². The Labute approximate surface area is 125 Å². The van der Waals surface area contributed by atoms with Gasteiger partial charge in [0.15, 0.2) is 0 Å². The van der Waals surface area contributed by atoms with E-state index < -0.39 is 6.04 Å². The smallest absolute Gasteiger partial charge is 0.328 e. The zero-order valence-corrected chi connectivity index (χ0v) is 12.9. The van der Waals surface area contributed by atoms with Crippen LogP contribution in [0.25, 0.3) is 0 Å². The predicted molar refractivity (Wildman–Crippen MR) is 82.6 cm³/mol. The summed E-state index contributed by atoms with van der Waals surface area (Å²) in [5.41, 5.74) is 7.12. The highest BCUT2D eigenvalue weighted by Gasteiger charge is 2.23. The van der Waals surface area contributed by atoms with Gasteiger partial charge in [-0.2, -0.15) is 0 Å². The minimum Gasteiger partial charge on any atom is -0.464 e. The average Bonchev–Trinajstić information content (AvgIpc) is 2.40. The van der Waals surface area contributed by atoms with E-state index in [2.05, 4.69) is 5.32 Å².